The maximum Gasteiger partial charge on any atom is 0.410 e. The van der Waals surface area contributed by atoms with Gasteiger partial charge in [-0.1, -0.05) is 6.08 Å². The Hall–Kier alpha value is -2.46. The zero-order valence-electron chi connectivity index (χ0n) is 19.1. The van der Waals surface area contributed by atoms with Crippen LogP contribution in [0.25, 0.3) is 0 Å². The van der Waals surface area contributed by atoms with Crippen LogP contribution in [0.4, 0.5) is 9.18 Å². The zero-order valence-corrected chi connectivity index (χ0v) is 19.9. The minimum atomic E-state index is -4.12. The molecule has 2 rings (SSSR count). The molecule has 8 nitrogen and oxygen atoms in total. The highest BCUT2D eigenvalue weighted by atomic mass is 32.2. The van der Waals surface area contributed by atoms with E-state index in [1.54, 1.807) is 32.7 Å². The van der Waals surface area contributed by atoms with Gasteiger partial charge in [-0.15, -0.1) is 6.58 Å². The van der Waals surface area contributed by atoms with Crippen LogP contribution in [0.15, 0.2) is 35.7 Å². The minimum absolute atomic E-state index is 0.0446. The van der Waals surface area contributed by atoms with E-state index in [2.05, 4.69) is 11.3 Å². The number of ether oxygens (including phenoxy) is 1. The van der Waals surface area contributed by atoms with E-state index in [-0.39, 0.29) is 23.9 Å². The molecule has 0 saturated carbocycles. The van der Waals surface area contributed by atoms with Crippen molar-refractivity contribution in [2.24, 2.45) is 5.92 Å². The van der Waals surface area contributed by atoms with Gasteiger partial charge in [-0.3, -0.25) is 4.79 Å². The van der Waals surface area contributed by atoms with E-state index in [4.69, 9.17) is 4.74 Å². The van der Waals surface area contributed by atoms with Crippen molar-refractivity contribution >= 4 is 22.0 Å². The smallest absolute Gasteiger partial charge is 0.410 e. The normalized spacial score (nSPS) is 17.0. The Bertz CT molecular complexity index is 959. The highest BCUT2D eigenvalue weighted by molar-refractivity contribution is 7.89. The van der Waals surface area contributed by atoms with Crippen LogP contribution in [-0.4, -0.2) is 69.0 Å². The second-order valence-corrected chi connectivity index (χ2v) is 10.6. The molecule has 2 amide bonds. The van der Waals surface area contributed by atoms with E-state index in [1.807, 2.05) is 0 Å². The van der Waals surface area contributed by atoms with Gasteiger partial charge in [-0.25, -0.2) is 22.3 Å². The average Bonchev–Trinajstić information content (AvgIpc) is 2.71. The number of nitrogens with zero attached hydrogens (tertiary/aromatic N) is 2. The first-order valence-electron chi connectivity index (χ1n) is 10.5. The number of piperidine rings is 1. The summed E-state index contributed by atoms with van der Waals surface area (Å²) in [5.74, 6) is -1.27. The van der Waals surface area contributed by atoms with Crippen LogP contribution in [0.1, 0.15) is 44.0 Å². The standard InChI is InChI=1S/C22H32FN3O5S/c1-6-11-24-32(29,30)19-13-17(9-10-18(19)23)20(27)26-12-7-8-16(15-26)14-25(5)21(28)31-22(2,3)4/h6,9-10,13,16,24H,1,7-8,11-12,14-15H2,2-5H3. The van der Waals surface area contributed by atoms with Crippen LogP contribution in [0.3, 0.4) is 0 Å². The van der Waals surface area contributed by atoms with Crippen molar-refractivity contribution in [3.63, 3.8) is 0 Å². The molecular formula is C22H32FN3O5S. The highest BCUT2D eigenvalue weighted by Gasteiger charge is 2.29. The number of amides is 2. The summed E-state index contributed by atoms with van der Waals surface area (Å²) in [4.78, 5) is 27.8. The van der Waals surface area contributed by atoms with Gasteiger partial charge in [-0.2, -0.15) is 0 Å². The Morgan fingerprint density at radius 2 is 2.06 bits per heavy atom. The average molecular weight is 470 g/mol. The van der Waals surface area contributed by atoms with Gasteiger partial charge in [0.05, 0.1) is 0 Å². The Balaban J connectivity index is 2.11. The van der Waals surface area contributed by atoms with Gasteiger partial charge < -0.3 is 14.5 Å². The topological polar surface area (TPSA) is 96.0 Å². The maximum absolute atomic E-state index is 14.2. The molecule has 0 aliphatic carbocycles. The summed E-state index contributed by atoms with van der Waals surface area (Å²) in [5.41, 5.74) is -0.507. The lowest BCUT2D eigenvalue weighted by Gasteiger charge is -2.35. The molecule has 1 aliphatic heterocycles. The Kier molecular flexibility index (Phi) is 8.41. The van der Waals surface area contributed by atoms with E-state index in [0.29, 0.717) is 19.6 Å². The molecule has 0 spiro atoms. The molecule has 1 aromatic rings. The maximum atomic E-state index is 14.2. The molecule has 1 aromatic carbocycles. The summed E-state index contributed by atoms with van der Waals surface area (Å²) in [7, 11) is -2.46. The zero-order chi connectivity index (χ0) is 24.1. The summed E-state index contributed by atoms with van der Waals surface area (Å²) in [6.45, 7) is 10.1. The summed E-state index contributed by atoms with van der Waals surface area (Å²) in [5, 5.41) is 0. The van der Waals surface area contributed by atoms with Crippen molar-refractivity contribution in [1.82, 2.24) is 14.5 Å². The van der Waals surface area contributed by atoms with Gasteiger partial charge in [0.25, 0.3) is 5.91 Å². The lowest BCUT2D eigenvalue weighted by Crippen LogP contribution is -2.45. The second kappa shape index (κ2) is 10.4. The van der Waals surface area contributed by atoms with Crippen LogP contribution < -0.4 is 4.72 Å². The molecule has 1 fully saturated rings. The van der Waals surface area contributed by atoms with Gasteiger partial charge in [0.15, 0.2) is 0 Å². The number of carbonyl (C=O) groups is 2. The van der Waals surface area contributed by atoms with Gasteiger partial charge in [-0.05, 0) is 57.7 Å². The monoisotopic (exact) mass is 469 g/mol. The predicted molar refractivity (Wildman–Crippen MR) is 119 cm³/mol. The molecule has 1 aliphatic rings. The summed E-state index contributed by atoms with van der Waals surface area (Å²) in [6.07, 6.45) is 2.49. The molecular weight excluding hydrogens is 437 g/mol. The third kappa shape index (κ3) is 7.03. The third-order valence-corrected chi connectivity index (χ3v) is 6.37. The van der Waals surface area contributed by atoms with E-state index >= 15 is 0 Å². The molecule has 10 heteroatoms. The van der Waals surface area contributed by atoms with Crippen LogP contribution in [0.5, 0.6) is 0 Å². The van der Waals surface area contributed by atoms with Crippen LogP contribution in [-0.2, 0) is 14.8 Å². The van der Waals surface area contributed by atoms with Crippen LogP contribution in [0, 0.1) is 11.7 Å². The van der Waals surface area contributed by atoms with E-state index < -0.39 is 32.4 Å². The summed E-state index contributed by atoms with van der Waals surface area (Å²) >= 11 is 0. The number of carbonyl (C=O) groups excluding carboxylic acids is 2. The number of halogens is 1. The molecule has 32 heavy (non-hydrogen) atoms. The Morgan fingerprint density at radius 3 is 2.69 bits per heavy atom. The van der Waals surface area contributed by atoms with Crippen molar-refractivity contribution in [3.05, 3.63) is 42.2 Å². The molecule has 178 valence electrons. The first-order valence-corrected chi connectivity index (χ1v) is 12.0. The van der Waals surface area contributed by atoms with E-state index in [9.17, 15) is 22.4 Å². The molecule has 1 unspecified atom stereocenters. The van der Waals surface area contributed by atoms with Crippen molar-refractivity contribution < 1.29 is 27.1 Å². The van der Waals surface area contributed by atoms with Crippen molar-refractivity contribution in [1.29, 1.82) is 0 Å². The SMILES string of the molecule is C=CCNS(=O)(=O)c1cc(C(=O)N2CCCC(CN(C)C(=O)OC(C)(C)C)C2)ccc1F. The molecule has 1 N–H and O–H groups in total. The highest BCUT2D eigenvalue weighted by Crippen LogP contribution is 2.22. The van der Waals surface area contributed by atoms with E-state index in [1.165, 1.54) is 17.0 Å². The summed E-state index contributed by atoms with van der Waals surface area (Å²) < 4.78 is 46.4. The van der Waals surface area contributed by atoms with Crippen LogP contribution in [0.2, 0.25) is 0 Å². The number of sulfonamides is 1. The van der Waals surface area contributed by atoms with Gasteiger partial charge in [0, 0.05) is 38.8 Å². The first-order chi connectivity index (χ1) is 14.8. The van der Waals surface area contributed by atoms with Crippen molar-refractivity contribution in [2.75, 3.05) is 33.2 Å². The molecule has 0 aromatic heterocycles. The molecule has 1 heterocycles. The lowest BCUT2D eigenvalue weighted by atomic mass is 9.97. The Labute approximate surface area is 189 Å². The predicted octanol–water partition coefficient (Wildman–Crippen LogP) is 3.01. The summed E-state index contributed by atoms with van der Waals surface area (Å²) in [6, 6.07) is 3.31. The molecule has 0 bridgehead atoms. The number of rotatable bonds is 7. The number of nitrogens with one attached hydrogen (secondary N) is 1. The Morgan fingerprint density at radius 1 is 1.38 bits per heavy atom. The molecule has 1 saturated heterocycles. The second-order valence-electron chi connectivity index (χ2n) is 8.91. The van der Waals surface area contributed by atoms with Gasteiger partial charge in [0.2, 0.25) is 10.0 Å². The number of hydrogen-bond donors (Lipinski definition) is 1. The fourth-order valence-electron chi connectivity index (χ4n) is 3.47. The largest absolute Gasteiger partial charge is 0.444 e. The van der Waals surface area contributed by atoms with Gasteiger partial charge >= 0.3 is 6.09 Å². The fourth-order valence-corrected chi connectivity index (χ4v) is 4.57. The van der Waals surface area contributed by atoms with E-state index in [0.717, 1.165) is 25.0 Å². The lowest BCUT2D eigenvalue weighted by molar-refractivity contribution is 0.0244. The number of likely N-dealkylation sites (tertiary alicyclic amines) is 1. The number of hydrogen-bond acceptors (Lipinski definition) is 5. The van der Waals surface area contributed by atoms with Crippen molar-refractivity contribution in [2.45, 2.75) is 44.1 Å². The van der Waals surface area contributed by atoms with Gasteiger partial charge in [0.1, 0.15) is 16.3 Å². The molecule has 1 atom stereocenters. The minimum Gasteiger partial charge on any atom is -0.444 e. The quantitative estimate of drug-likeness (QED) is 0.620. The third-order valence-electron chi connectivity index (χ3n) is 4.93. The number of benzene rings is 1. The first kappa shape index (κ1) is 25.8. The fraction of sp³-hybridized carbons (Fsp3) is 0.545. The molecule has 0 radical (unpaired) electrons. The van der Waals surface area contributed by atoms with Crippen molar-refractivity contribution in [3.8, 4) is 0 Å². The van der Waals surface area contributed by atoms with Crippen LogP contribution >= 0.6 is 0 Å².